The Morgan fingerprint density at radius 2 is 1.65 bits per heavy atom. The van der Waals surface area contributed by atoms with Crippen LogP contribution < -0.4 is 5.73 Å². The van der Waals surface area contributed by atoms with Gasteiger partial charge in [-0.2, -0.15) is 0 Å². The molecule has 1 aromatic rings. The zero-order chi connectivity index (χ0) is 14.5. The van der Waals surface area contributed by atoms with Crippen molar-refractivity contribution in [2.24, 2.45) is 0 Å². The zero-order valence-corrected chi connectivity index (χ0v) is 11.5. The summed E-state index contributed by atoms with van der Waals surface area (Å²) in [4.78, 5) is 27.2. The van der Waals surface area contributed by atoms with Crippen LogP contribution in [0.4, 0.5) is 10.5 Å². The molecule has 0 aliphatic carbocycles. The monoisotopic (exact) mass is 277 g/mol. The number of rotatable bonds is 2. The summed E-state index contributed by atoms with van der Waals surface area (Å²) in [7, 11) is 0. The van der Waals surface area contributed by atoms with E-state index in [2.05, 4.69) is 0 Å². The highest BCUT2D eigenvalue weighted by Gasteiger charge is 2.25. The molecule has 108 valence electrons. The number of carbonyl (C=O) groups excluding carboxylic acids is 2. The minimum atomic E-state index is -0.313. The van der Waals surface area contributed by atoms with Gasteiger partial charge in [0.05, 0.1) is 6.61 Å². The van der Waals surface area contributed by atoms with Crippen molar-refractivity contribution in [3.05, 3.63) is 29.8 Å². The van der Waals surface area contributed by atoms with Gasteiger partial charge in [-0.05, 0) is 31.2 Å². The second kappa shape index (κ2) is 6.27. The van der Waals surface area contributed by atoms with Crippen LogP contribution in [-0.4, -0.2) is 54.6 Å². The summed E-state index contributed by atoms with van der Waals surface area (Å²) in [6.45, 7) is 4.17. The standard InChI is InChI=1S/C14H19N3O3/c1-2-20-14(19)17-9-7-16(8-10-17)13(18)11-3-5-12(15)6-4-11/h3-6H,2,7-10,15H2,1H3. The Bertz CT molecular complexity index is 479. The molecule has 2 rings (SSSR count). The Morgan fingerprint density at radius 3 is 2.20 bits per heavy atom. The fraction of sp³-hybridized carbons (Fsp3) is 0.429. The van der Waals surface area contributed by atoms with Gasteiger partial charge in [-0.1, -0.05) is 0 Å². The lowest BCUT2D eigenvalue weighted by Gasteiger charge is -2.34. The number of nitrogen functional groups attached to an aromatic ring is 1. The fourth-order valence-electron chi connectivity index (χ4n) is 2.12. The summed E-state index contributed by atoms with van der Waals surface area (Å²) < 4.78 is 4.94. The summed E-state index contributed by atoms with van der Waals surface area (Å²) in [6.07, 6.45) is -0.313. The van der Waals surface area contributed by atoms with Crippen LogP contribution in [0.1, 0.15) is 17.3 Å². The van der Waals surface area contributed by atoms with Crippen LogP contribution in [-0.2, 0) is 4.74 Å². The van der Waals surface area contributed by atoms with Crippen LogP contribution in [0.2, 0.25) is 0 Å². The normalized spacial score (nSPS) is 15.1. The molecule has 0 saturated carbocycles. The van der Waals surface area contributed by atoms with Crippen molar-refractivity contribution < 1.29 is 14.3 Å². The molecule has 1 aromatic carbocycles. The molecular formula is C14H19N3O3. The predicted octanol–water partition coefficient (Wildman–Crippen LogP) is 1.18. The van der Waals surface area contributed by atoms with Crippen LogP contribution in [0.15, 0.2) is 24.3 Å². The van der Waals surface area contributed by atoms with Crippen LogP contribution in [0, 0.1) is 0 Å². The number of hydrogen-bond acceptors (Lipinski definition) is 4. The number of benzene rings is 1. The van der Waals surface area contributed by atoms with Crippen molar-refractivity contribution in [2.45, 2.75) is 6.92 Å². The summed E-state index contributed by atoms with van der Waals surface area (Å²) in [6, 6.07) is 6.86. The number of anilines is 1. The Balaban J connectivity index is 1.92. The minimum Gasteiger partial charge on any atom is -0.450 e. The maximum Gasteiger partial charge on any atom is 0.409 e. The maximum atomic E-state index is 12.3. The molecule has 0 atom stereocenters. The SMILES string of the molecule is CCOC(=O)N1CCN(C(=O)c2ccc(N)cc2)CC1. The Hall–Kier alpha value is -2.24. The van der Waals surface area contributed by atoms with Gasteiger partial charge < -0.3 is 20.3 Å². The smallest absolute Gasteiger partial charge is 0.409 e. The first kappa shape index (κ1) is 14.2. The number of ether oxygens (including phenoxy) is 1. The van der Waals surface area contributed by atoms with Crippen molar-refractivity contribution in [3.63, 3.8) is 0 Å². The molecule has 1 heterocycles. The Labute approximate surface area is 118 Å². The van der Waals surface area contributed by atoms with Crippen LogP contribution >= 0.6 is 0 Å². The highest BCUT2D eigenvalue weighted by molar-refractivity contribution is 5.94. The van der Waals surface area contributed by atoms with E-state index in [9.17, 15) is 9.59 Å². The predicted molar refractivity (Wildman–Crippen MR) is 75.4 cm³/mol. The quantitative estimate of drug-likeness (QED) is 0.824. The lowest BCUT2D eigenvalue weighted by molar-refractivity contribution is 0.0570. The molecule has 0 unspecified atom stereocenters. The number of nitrogens with two attached hydrogens (primary N) is 1. The molecule has 20 heavy (non-hydrogen) atoms. The minimum absolute atomic E-state index is 0.0338. The zero-order valence-electron chi connectivity index (χ0n) is 11.5. The Kier molecular flexibility index (Phi) is 4.45. The van der Waals surface area contributed by atoms with E-state index in [0.29, 0.717) is 44.0 Å². The third-order valence-electron chi connectivity index (χ3n) is 3.25. The van der Waals surface area contributed by atoms with Gasteiger partial charge in [-0.15, -0.1) is 0 Å². The topological polar surface area (TPSA) is 75.9 Å². The highest BCUT2D eigenvalue weighted by Crippen LogP contribution is 2.11. The van der Waals surface area contributed by atoms with E-state index in [4.69, 9.17) is 10.5 Å². The fourth-order valence-corrected chi connectivity index (χ4v) is 2.12. The number of hydrogen-bond donors (Lipinski definition) is 1. The third kappa shape index (κ3) is 3.20. The average Bonchev–Trinajstić information content (AvgIpc) is 2.48. The van der Waals surface area contributed by atoms with Crippen molar-refractivity contribution >= 4 is 17.7 Å². The lowest BCUT2D eigenvalue weighted by Crippen LogP contribution is -2.50. The van der Waals surface area contributed by atoms with Crippen LogP contribution in [0.3, 0.4) is 0 Å². The molecule has 1 saturated heterocycles. The number of amides is 2. The van der Waals surface area contributed by atoms with Crippen molar-refractivity contribution in [3.8, 4) is 0 Å². The van der Waals surface area contributed by atoms with Crippen LogP contribution in [0.25, 0.3) is 0 Å². The molecule has 0 bridgehead atoms. The molecule has 0 spiro atoms. The van der Waals surface area contributed by atoms with E-state index >= 15 is 0 Å². The van der Waals surface area contributed by atoms with Crippen LogP contribution in [0.5, 0.6) is 0 Å². The molecule has 6 heteroatoms. The maximum absolute atomic E-state index is 12.3. The van der Waals surface area contributed by atoms with Gasteiger partial charge in [-0.25, -0.2) is 4.79 Å². The van der Waals surface area contributed by atoms with E-state index in [1.807, 2.05) is 0 Å². The van der Waals surface area contributed by atoms with Crippen molar-refractivity contribution in [1.29, 1.82) is 0 Å². The van der Waals surface area contributed by atoms with E-state index in [-0.39, 0.29) is 12.0 Å². The molecule has 2 amide bonds. The Morgan fingerprint density at radius 1 is 1.10 bits per heavy atom. The second-order valence-corrected chi connectivity index (χ2v) is 4.60. The first-order valence-electron chi connectivity index (χ1n) is 6.68. The first-order chi connectivity index (χ1) is 9.61. The van der Waals surface area contributed by atoms with Crippen molar-refractivity contribution in [2.75, 3.05) is 38.5 Å². The highest BCUT2D eigenvalue weighted by atomic mass is 16.6. The molecule has 0 aromatic heterocycles. The third-order valence-corrected chi connectivity index (χ3v) is 3.25. The molecule has 1 aliphatic heterocycles. The lowest BCUT2D eigenvalue weighted by atomic mass is 10.1. The molecule has 1 aliphatic rings. The second-order valence-electron chi connectivity index (χ2n) is 4.60. The van der Waals surface area contributed by atoms with E-state index in [1.165, 1.54) is 0 Å². The van der Waals surface area contributed by atoms with Gasteiger partial charge in [0, 0.05) is 37.4 Å². The number of nitrogens with zero attached hydrogens (tertiary/aromatic N) is 2. The van der Waals surface area contributed by atoms with E-state index < -0.39 is 0 Å². The molecule has 6 nitrogen and oxygen atoms in total. The molecule has 0 radical (unpaired) electrons. The summed E-state index contributed by atoms with van der Waals surface area (Å²) in [5.41, 5.74) is 6.85. The van der Waals surface area contributed by atoms with Gasteiger partial charge in [0.25, 0.3) is 5.91 Å². The number of carbonyl (C=O) groups is 2. The van der Waals surface area contributed by atoms with Gasteiger partial charge >= 0.3 is 6.09 Å². The van der Waals surface area contributed by atoms with Crippen molar-refractivity contribution in [1.82, 2.24) is 9.80 Å². The summed E-state index contributed by atoms with van der Waals surface area (Å²) >= 11 is 0. The van der Waals surface area contributed by atoms with Gasteiger partial charge in [0.1, 0.15) is 0 Å². The van der Waals surface area contributed by atoms with E-state index in [1.54, 1.807) is 41.0 Å². The molecular weight excluding hydrogens is 258 g/mol. The first-order valence-corrected chi connectivity index (χ1v) is 6.68. The van der Waals surface area contributed by atoms with Gasteiger partial charge in [0.2, 0.25) is 0 Å². The van der Waals surface area contributed by atoms with Gasteiger partial charge in [0.15, 0.2) is 0 Å². The average molecular weight is 277 g/mol. The number of piperazine rings is 1. The summed E-state index contributed by atoms with van der Waals surface area (Å²) in [5.74, 6) is -0.0338. The molecule has 2 N–H and O–H groups in total. The largest absolute Gasteiger partial charge is 0.450 e. The van der Waals surface area contributed by atoms with Gasteiger partial charge in [-0.3, -0.25) is 4.79 Å². The molecule has 1 fully saturated rings. The summed E-state index contributed by atoms with van der Waals surface area (Å²) in [5, 5.41) is 0. The van der Waals surface area contributed by atoms with E-state index in [0.717, 1.165) is 0 Å².